The Kier molecular flexibility index (Phi) is 2.72. The Balaban J connectivity index is 2.39. The van der Waals surface area contributed by atoms with E-state index in [-0.39, 0.29) is 18.1 Å². The maximum absolute atomic E-state index is 13.3. The first-order chi connectivity index (χ1) is 7.68. The van der Waals surface area contributed by atoms with Crippen LogP contribution in [0.25, 0.3) is 0 Å². The average molecular weight is 219 g/mol. The van der Waals surface area contributed by atoms with Crippen molar-refractivity contribution in [1.29, 1.82) is 0 Å². The molecule has 1 N–H and O–H groups in total. The third-order valence-electron chi connectivity index (χ3n) is 2.30. The molecule has 0 amide bonds. The predicted molar refractivity (Wildman–Crippen MR) is 57.9 cm³/mol. The van der Waals surface area contributed by atoms with Crippen LogP contribution in [-0.2, 0) is 6.54 Å². The molecule has 0 radical (unpaired) electrons. The summed E-state index contributed by atoms with van der Waals surface area (Å²) in [5.41, 5.74) is -0.110. The average Bonchev–Trinajstić information content (AvgIpc) is 2.28. The van der Waals surface area contributed by atoms with Gasteiger partial charge in [0.15, 0.2) is 5.75 Å². The van der Waals surface area contributed by atoms with Gasteiger partial charge < -0.3 is 9.67 Å². The van der Waals surface area contributed by atoms with Gasteiger partial charge in [0, 0.05) is 11.8 Å². The Hall–Kier alpha value is -2.10. The van der Waals surface area contributed by atoms with Crippen LogP contribution >= 0.6 is 0 Å². The molecule has 82 valence electrons. The molecule has 0 atom stereocenters. The van der Waals surface area contributed by atoms with E-state index in [0.29, 0.717) is 5.56 Å². The Morgan fingerprint density at radius 2 is 1.94 bits per heavy atom. The summed E-state index contributed by atoms with van der Waals surface area (Å²) in [6.45, 7) is 0.111. The van der Waals surface area contributed by atoms with E-state index in [2.05, 4.69) is 0 Å². The van der Waals surface area contributed by atoms with E-state index in [0.717, 1.165) is 0 Å². The van der Waals surface area contributed by atoms with Crippen molar-refractivity contribution in [1.82, 2.24) is 4.57 Å². The number of aromatic hydroxyl groups is 1. The molecular weight excluding hydrogens is 209 g/mol. The van der Waals surface area contributed by atoms with Gasteiger partial charge >= 0.3 is 0 Å². The van der Waals surface area contributed by atoms with E-state index in [4.69, 9.17) is 0 Å². The van der Waals surface area contributed by atoms with Crippen molar-refractivity contribution < 1.29 is 9.50 Å². The second-order valence-corrected chi connectivity index (χ2v) is 3.42. The molecule has 2 aromatic rings. The van der Waals surface area contributed by atoms with Crippen molar-refractivity contribution in [2.75, 3.05) is 0 Å². The smallest absolute Gasteiger partial charge is 0.292 e. The van der Waals surface area contributed by atoms with Gasteiger partial charge in [-0.05, 0) is 18.2 Å². The van der Waals surface area contributed by atoms with Crippen LogP contribution in [0.1, 0.15) is 5.56 Å². The van der Waals surface area contributed by atoms with Gasteiger partial charge in [0.05, 0.1) is 6.54 Å². The van der Waals surface area contributed by atoms with E-state index in [1.165, 1.54) is 29.0 Å². The molecule has 2 rings (SSSR count). The van der Waals surface area contributed by atoms with Gasteiger partial charge in [-0.15, -0.1) is 0 Å². The highest BCUT2D eigenvalue weighted by Crippen LogP contribution is 2.08. The van der Waals surface area contributed by atoms with E-state index in [1.807, 2.05) is 0 Å². The largest absolute Gasteiger partial charge is 0.503 e. The summed E-state index contributed by atoms with van der Waals surface area (Å²) < 4.78 is 14.6. The zero-order valence-electron chi connectivity index (χ0n) is 8.43. The summed E-state index contributed by atoms with van der Waals surface area (Å²) in [4.78, 5) is 11.5. The number of hydrogen-bond donors (Lipinski definition) is 1. The first kappa shape index (κ1) is 10.4. The fraction of sp³-hybridized carbons (Fsp3) is 0.0833. The maximum atomic E-state index is 13.3. The molecule has 1 aromatic carbocycles. The first-order valence-corrected chi connectivity index (χ1v) is 4.80. The monoisotopic (exact) mass is 219 g/mol. The standard InChI is InChI=1S/C12H10FNO2/c13-10-5-2-1-4-9(10)8-14-7-3-6-11(15)12(14)16/h1-7,15H,8H2. The molecule has 0 bridgehead atoms. The van der Waals surface area contributed by atoms with Crippen LogP contribution in [0.3, 0.4) is 0 Å². The van der Waals surface area contributed by atoms with Crippen molar-refractivity contribution in [3.8, 4) is 5.75 Å². The quantitative estimate of drug-likeness (QED) is 0.835. The number of hydrogen-bond acceptors (Lipinski definition) is 2. The SMILES string of the molecule is O=c1c(O)cccn1Cc1ccccc1F. The van der Waals surface area contributed by atoms with Crippen molar-refractivity contribution in [3.63, 3.8) is 0 Å². The second kappa shape index (κ2) is 4.18. The highest BCUT2D eigenvalue weighted by atomic mass is 19.1. The van der Waals surface area contributed by atoms with Gasteiger partial charge in [-0.25, -0.2) is 4.39 Å². The molecule has 3 nitrogen and oxygen atoms in total. The minimum Gasteiger partial charge on any atom is -0.503 e. The lowest BCUT2D eigenvalue weighted by Gasteiger charge is -2.06. The summed E-state index contributed by atoms with van der Waals surface area (Å²) >= 11 is 0. The molecule has 16 heavy (non-hydrogen) atoms. The zero-order chi connectivity index (χ0) is 11.5. The normalized spacial score (nSPS) is 10.3. The second-order valence-electron chi connectivity index (χ2n) is 3.42. The molecule has 0 saturated heterocycles. The molecule has 0 aliphatic carbocycles. The molecule has 1 aromatic heterocycles. The van der Waals surface area contributed by atoms with Crippen molar-refractivity contribution in [2.45, 2.75) is 6.54 Å². The molecule has 0 aliphatic rings. The van der Waals surface area contributed by atoms with Gasteiger partial charge in [0.2, 0.25) is 0 Å². The van der Waals surface area contributed by atoms with Gasteiger partial charge in [-0.3, -0.25) is 4.79 Å². The summed E-state index contributed by atoms with van der Waals surface area (Å²) in [7, 11) is 0. The van der Waals surface area contributed by atoms with Gasteiger partial charge in [-0.1, -0.05) is 18.2 Å². The molecule has 0 unspecified atom stereocenters. The molecule has 0 spiro atoms. The number of benzene rings is 1. The number of nitrogens with zero attached hydrogens (tertiary/aromatic N) is 1. The summed E-state index contributed by atoms with van der Waals surface area (Å²) in [5.74, 6) is -0.698. The highest BCUT2D eigenvalue weighted by molar-refractivity contribution is 5.20. The third kappa shape index (κ3) is 1.95. The molecular formula is C12H10FNO2. The fourth-order valence-corrected chi connectivity index (χ4v) is 1.46. The summed E-state index contributed by atoms with van der Waals surface area (Å²) in [5, 5.41) is 9.22. The lowest BCUT2D eigenvalue weighted by Crippen LogP contribution is -2.19. The fourth-order valence-electron chi connectivity index (χ4n) is 1.46. The molecule has 4 heteroatoms. The summed E-state index contributed by atoms with van der Waals surface area (Å²) in [6.07, 6.45) is 1.51. The van der Waals surface area contributed by atoms with Crippen molar-refractivity contribution >= 4 is 0 Å². The molecule has 0 fully saturated rings. The lowest BCUT2D eigenvalue weighted by molar-refractivity contribution is 0.458. The zero-order valence-corrected chi connectivity index (χ0v) is 8.43. The highest BCUT2D eigenvalue weighted by Gasteiger charge is 2.04. The van der Waals surface area contributed by atoms with E-state index in [1.54, 1.807) is 18.2 Å². The maximum Gasteiger partial charge on any atom is 0.292 e. The number of aromatic nitrogens is 1. The Morgan fingerprint density at radius 1 is 1.19 bits per heavy atom. The van der Waals surface area contributed by atoms with Gasteiger partial charge in [0.1, 0.15) is 5.82 Å². The topological polar surface area (TPSA) is 42.2 Å². The van der Waals surface area contributed by atoms with E-state index in [9.17, 15) is 14.3 Å². The van der Waals surface area contributed by atoms with E-state index < -0.39 is 5.56 Å². The van der Waals surface area contributed by atoms with Crippen LogP contribution in [0.5, 0.6) is 5.75 Å². The van der Waals surface area contributed by atoms with E-state index >= 15 is 0 Å². The Morgan fingerprint density at radius 3 is 2.69 bits per heavy atom. The summed E-state index contributed by atoms with van der Waals surface area (Å²) in [6, 6.07) is 9.07. The van der Waals surface area contributed by atoms with Crippen LogP contribution < -0.4 is 5.56 Å². The predicted octanol–water partition coefficient (Wildman–Crippen LogP) is 1.74. The molecule has 0 aliphatic heterocycles. The Bertz CT molecular complexity index is 563. The van der Waals surface area contributed by atoms with Crippen molar-refractivity contribution in [2.24, 2.45) is 0 Å². The number of rotatable bonds is 2. The first-order valence-electron chi connectivity index (χ1n) is 4.80. The van der Waals surface area contributed by atoms with Crippen LogP contribution in [0.4, 0.5) is 4.39 Å². The van der Waals surface area contributed by atoms with Crippen LogP contribution in [-0.4, -0.2) is 9.67 Å². The van der Waals surface area contributed by atoms with Crippen molar-refractivity contribution in [3.05, 3.63) is 64.3 Å². The Labute approximate surface area is 91.4 Å². The van der Waals surface area contributed by atoms with Gasteiger partial charge in [0.25, 0.3) is 5.56 Å². The lowest BCUT2D eigenvalue weighted by atomic mass is 10.2. The third-order valence-corrected chi connectivity index (χ3v) is 2.30. The van der Waals surface area contributed by atoms with Gasteiger partial charge in [-0.2, -0.15) is 0 Å². The number of pyridine rings is 1. The molecule has 0 saturated carbocycles. The van der Waals surface area contributed by atoms with Crippen LogP contribution in [0.2, 0.25) is 0 Å². The van der Waals surface area contributed by atoms with Crippen LogP contribution in [0.15, 0.2) is 47.4 Å². The minimum absolute atomic E-state index is 0.111. The minimum atomic E-state index is -0.522. The number of halogens is 1. The van der Waals surface area contributed by atoms with Crippen LogP contribution in [0, 0.1) is 5.82 Å². The molecule has 1 heterocycles.